The molecule has 0 aliphatic carbocycles. The molecule has 2 aromatic rings. The molecule has 0 atom stereocenters. The number of carbonyl (C=O) groups excluding carboxylic acids is 1. The van der Waals surface area contributed by atoms with Crippen LogP contribution in [0.2, 0.25) is 0 Å². The summed E-state index contributed by atoms with van der Waals surface area (Å²) in [7, 11) is 0. The number of imidazole rings is 1. The lowest BCUT2D eigenvalue weighted by molar-refractivity contribution is -0.130. The Kier molecular flexibility index (Phi) is 7.19. The monoisotopic (exact) mass is 388 g/mol. The van der Waals surface area contributed by atoms with Gasteiger partial charge in [0.1, 0.15) is 5.82 Å². The van der Waals surface area contributed by atoms with Gasteiger partial charge in [-0.15, -0.1) is 11.8 Å². The van der Waals surface area contributed by atoms with Crippen LogP contribution >= 0.6 is 11.8 Å². The highest BCUT2D eigenvalue weighted by Crippen LogP contribution is 2.26. The molecule has 1 amide bonds. The molecule has 6 heteroatoms. The fraction of sp³-hybridized carbons (Fsp3) is 0.619. The quantitative estimate of drug-likeness (QED) is 0.641. The molecule has 0 unspecified atom stereocenters. The number of amides is 1. The van der Waals surface area contributed by atoms with Gasteiger partial charge in [-0.2, -0.15) is 0 Å². The predicted molar refractivity (Wildman–Crippen MR) is 113 cm³/mol. The van der Waals surface area contributed by atoms with Crippen LogP contribution in [0.15, 0.2) is 23.1 Å². The van der Waals surface area contributed by atoms with Crippen molar-refractivity contribution in [3.8, 4) is 0 Å². The Morgan fingerprint density at radius 3 is 2.59 bits per heavy atom. The minimum absolute atomic E-state index is 0.182. The number of nitrogens with zero attached hydrogens (tertiary/aromatic N) is 4. The summed E-state index contributed by atoms with van der Waals surface area (Å²) in [4.78, 5) is 22.2. The molecule has 1 saturated heterocycles. The molecule has 0 saturated carbocycles. The van der Waals surface area contributed by atoms with Crippen LogP contribution < -0.4 is 0 Å². The van der Waals surface area contributed by atoms with Crippen molar-refractivity contribution in [2.24, 2.45) is 0 Å². The number of piperazine rings is 1. The van der Waals surface area contributed by atoms with Gasteiger partial charge < -0.3 is 9.47 Å². The molecule has 2 heterocycles. The first-order valence-corrected chi connectivity index (χ1v) is 11.2. The summed E-state index contributed by atoms with van der Waals surface area (Å²) in [6.45, 7) is 11.5. The lowest BCUT2D eigenvalue weighted by atomic mass is 10.3. The third-order valence-corrected chi connectivity index (χ3v) is 6.39. The second-order valence-electron chi connectivity index (χ2n) is 7.31. The van der Waals surface area contributed by atoms with Gasteiger partial charge in [0.25, 0.3) is 0 Å². The molecule has 5 nitrogen and oxygen atoms in total. The van der Waals surface area contributed by atoms with E-state index in [2.05, 4.69) is 41.5 Å². The molecule has 1 aliphatic rings. The average Bonchev–Trinajstić information content (AvgIpc) is 3.01. The number of hydrogen-bond acceptors (Lipinski definition) is 4. The molecule has 0 spiro atoms. The zero-order chi connectivity index (χ0) is 19.2. The van der Waals surface area contributed by atoms with E-state index in [0.29, 0.717) is 0 Å². The zero-order valence-corrected chi connectivity index (χ0v) is 17.7. The van der Waals surface area contributed by atoms with E-state index in [1.807, 2.05) is 16.7 Å². The van der Waals surface area contributed by atoms with Crippen molar-refractivity contribution in [1.82, 2.24) is 19.4 Å². The number of benzene rings is 1. The van der Waals surface area contributed by atoms with Gasteiger partial charge in [-0.05, 0) is 36.8 Å². The molecule has 3 rings (SSSR count). The van der Waals surface area contributed by atoms with Gasteiger partial charge in [-0.25, -0.2) is 4.98 Å². The van der Waals surface area contributed by atoms with Crippen molar-refractivity contribution in [3.05, 3.63) is 24.0 Å². The highest BCUT2D eigenvalue weighted by molar-refractivity contribution is 7.99. The van der Waals surface area contributed by atoms with Crippen LogP contribution in [0.4, 0.5) is 0 Å². The number of aryl methyl sites for hydroxylation is 1. The van der Waals surface area contributed by atoms with Crippen LogP contribution in [0.3, 0.4) is 0 Å². The third-order valence-electron chi connectivity index (χ3n) is 5.19. The van der Waals surface area contributed by atoms with E-state index in [1.165, 1.54) is 29.7 Å². The molecule has 1 aromatic carbocycles. The van der Waals surface area contributed by atoms with E-state index >= 15 is 0 Å². The number of rotatable bonds is 8. The van der Waals surface area contributed by atoms with Crippen LogP contribution in [0.25, 0.3) is 11.0 Å². The summed E-state index contributed by atoms with van der Waals surface area (Å²) >= 11 is 1.93. The van der Waals surface area contributed by atoms with Crippen molar-refractivity contribution >= 4 is 28.7 Å². The highest BCUT2D eigenvalue weighted by Gasteiger charge is 2.21. The minimum atomic E-state index is 0.182. The van der Waals surface area contributed by atoms with Crippen LogP contribution in [-0.2, 0) is 17.9 Å². The van der Waals surface area contributed by atoms with E-state index in [0.717, 1.165) is 56.4 Å². The van der Waals surface area contributed by atoms with Gasteiger partial charge in [-0.3, -0.25) is 9.69 Å². The number of aromatic nitrogens is 2. The Morgan fingerprint density at radius 1 is 1.15 bits per heavy atom. The fourth-order valence-corrected chi connectivity index (χ4v) is 4.37. The number of hydrogen-bond donors (Lipinski definition) is 0. The molecule has 0 radical (unpaired) electrons. The smallest absolute Gasteiger partial charge is 0.219 e. The maximum atomic E-state index is 11.5. The molecule has 1 aliphatic heterocycles. The second-order valence-corrected chi connectivity index (χ2v) is 8.48. The van der Waals surface area contributed by atoms with Crippen molar-refractivity contribution < 1.29 is 4.79 Å². The maximum Gasteiger partial charge on any atom is 0.219 e. The molecule has 1 fully saturated rings. The second kappa shape index (κ2) is 9.60. The Hall–Kier alpha value is -1.53. The molecule has 148 valence electrons. The lowest BCUT2D eigenvalue weighted by Crippen LogP contribution is -2.47. The number of fused-ring (bicyclic) bond motifs is 1. The number of unbranched alkanes of at least 4 members (excludes halogenated alkanes) is 1. The molecule has 0 N–H and O–H groups in total. The first kappa shape index (κ1) is 20.2. The SMILES string of the molecule is CCCCn1c(CN2CCN(C(C)=O)CC2)nc2ccc(SCCC)cc21. The number of thioether (sulfide) groups is 1. The van der Waals surface area contributed by atoms with Gasteiger partial charge >= 0.3 is 0 Å². The lowest BCUT2D eigenvalue weighted by Gasteiger charge is -2.34. The first-order valence-electron chi connectivity index (χ1n) is 10.2. The molecule has 27 heavy (non-hydrogen) atoms. The van der Waals surface area contributed by atoms with Crippen LogP contribution in [-0.4, -0.2) is 57.2 Å². The largest absolute Gasteiger partial charge is 0.340 e. The molecular weight excluding hydrogens is 356 g/mol. The summed E-state index contributed by atoms with van der Waals surface area (Å²) in [6.07, 6.45) is 3.54. The average molecular weight is 389 g/mol. The van der Waals surface area contributed by atoms with E-state index in [9.17, 15) is 4.79 Å². The van der Waals surface area contributed by atoms with E-state index in [1.54, 1.807) is 6.92 Å². The predicted octanol–water partition coefficient (Wildman–Crippen LogP) is 4.00. The van der Waals surface area contributed by atoms with Gasteiger partial charge in [0.2, 0.25) is 5.91 Å². The Morgan fingerprint density at radius 2 is 1.93 bits per heavy atom. The summed E-state index contributed by atoms with van der Waals surface area (Å²) in [5.74, 6) is 2.50. The van der Waals surface area contributed by atoms with Crippen molar-refractivity contribution in [2.45, 2.75) is 58.0 Å². The highest BCUT2D eigenvalue weighted by atomic mass is 32.2. The normalized spacial score (nSPS) is 15.6. The summed E-state index contributed by atoms with van der Waals surface area (Å²) in [5, 5.41) is 0. The summed E-state index contributed by atoms with van der Waals surface area (Å²) in [6, 6.07) is 6.69. The van der Waals surface area contributed by atoms with E-state index in [-0.39, 0.29) is 5.91 Å². The Labute approximate surface area is 167 Å². The number of carbonyl (C=O) groups is 1. The van der Waals surface area contributed by atoms with Crippen molar-refractivity contribution in [3.63, 3.8) is 0 Å². The topological polar surface area (TPSA) is 41.4 Å². The Bertz CT molecular complexity index is 765. The minimum Gasteiger partial charge on any atom is -0.340 e. The van der Waals surface area contributed by atoms with Crippen LogP contribution in [0.1, 0.15) is 45.9 Å². The third kappa shape index (κ3) is 5.05. The zero-order valence-electron chi connectivity index (χ0n) is 16.9. The summed E-state index contributed by atoms with van der Waals surface area (Å²) < 4.78 is 2.42. The summed E-state index contributed by atoms with van der Waals surface area (Å²) in [5.41, 5.74) is 2.37. The van der Waals surface area contributed by atoms with Gasteiger partial charge in [0, 0.05) is 44.5 Å². The van der Waals surface area contributed by atoms with E-state index < -0.39 is 0 Å². The van der Waals surface area contributed by atoms with Crippen LogP contribution in [0.5, 0.6) is 0 Å². The maximum absolute atomic E-state index is 11.5. The molecule has 1 aromatic heterocycles. The standard InChI is InChI=1S/C21H32N4OS/c1-4-6-9-25-20-15-18(27-14-5-2)7-8-19(20)22-21(25)16-23-10-12-24(13-11-23)17(3)26/h7-8,15H,4-6,9-14,16H2,1-3H3. The van der Waals surface area contributed by atoms with Crippen molar-refractivity contribution in [2.75, 3.05) is 31.9 Å². The van der Waals surface area contributed by atoms with Crippen molar-refractivity contribution in [1.29, 1.82) is 0 Å². The Balaban J connectivity index is 1.80. The van der Waals surface area contributed by atoms with Crippen LogP contribution in [0, 0.1) is 0 Å². The first-order chi connectivity index (χ1) is 13.1. The van der Waals surface area contributed by atoms with Gasteiger partial charge in [-0.1, -0.05) is 20.3 Å². The fourth-order valence-electron chi connectivity index (χ4n) is 3.57. The van der Waals surface area contributed by atoms with Gasteiger partial charge in [0.15, 0.2) is 0 Å². The molecular formula is C21H32N4OS. The molecule has 0 bridgehead atoms. The van der Waals surface area contributed by atoms with E-state index in [4.69, 9.17) is 4.98 Å². The van der Waals surface area contributed by atoms with Gasteiger partial charge in [0.05, 0.1) is 17.6 Å².